The first-order chi connectivity index (χ1) is 31.5. The summed E-state index contributed by atoms with van der Waals surface area (Å²) in [6.45, 7) is -1.24. The van der Waals surface area contributed by atoms with E-state index in [0.717, 1.165) is 16.7 Å². The largest absolute Gasteiger partial charge is 0.486 e. The van der Waals surface area contributed by atoms with Crippen LogP contribution in [-0.2, 0) is 39.2 Å². The van der Waals surface area contributed by atoms with E-state index in [4.69, 9.17) is 25.0 Å². The standard InChI is InChI=1S/C26H21N2O.C23H24N.Ir/c1-17-6-9-19(10-7-17)11-12-20-14-15-27-24(16-20)23-5-3-4-21-22-13-8-18(2)28-26(22)29-25(21)23;1-17-5-9-20(10-6-17)22-15-21(13-14-24-22)19-11-7-18(8-12-19)16-23(2,3)4;/h3-4,6-10,13-16H,11-12H2,1-2H3;5-9,11-15H,16H2,1-4H3;/q2*-1;/i1D3,2D3,11D2,12D2;1D3,16D2;. The van der Waals surface area contributed by atoms with Crippen LogP contribution < -0.4 is 0 Å². The third-order valence-corrected chi connectivity index (χ3v) is 8.14. The molecule has 5 heteroatoms. The van der Waals surface area contributed by atoms with Gasteiger partial charge >= 0.3 is 0 Å². The molecule has 0 unspecified atom stereocenters. The van der Waals surface area contributed by atoms with Crippen molar-refractivity contribution in [2.24, 2.45) is 5.41 Å². The Morgan fingerprint density at radius 3 is 2.15 bits per heavy atom. The molecule has 0 aliphatic heterocycles. The van der Waals surface area contributed by atoms with Crippen LogP contribution in [-0.4, -0.2) is 15.0 Å². The maximum atomic E-state index is 8.73. The van der Waals surface area contributed by atoms with Gasteiger partial charge in [0.25, 0.3) is 0 Å². The van der Waals surface area contributed by atoms with Crippen molar-refractivity contribution in [2.75, 3.05) is 0 Å². The number of rotatable bonds is 7. The molecule has 1 radical (unpaired) electrons. The molecule has 4 aromatic heterocycles. The summed E-state index contributed by atoms with van der Waals surface area (Å²) in [5.74, 6) is 0. The first-order valence-electron chi connectivity index (χ1n) is 24.4. The summed E-state index contributed by atoms with van der Waals surface area (Å²) in [7, 11) is 0. The molecule has 4 heterocycles. The van der Waals surface area contributed by atoms with Gasteiger partial charge in [-0.2, -0.15) is 0 Å². The van der Waals surface area contributed by atoms with Crippen LogP contribution in [0.1, 0.15) is 74.8 Å². The van der Waals surface area contributed by atoms with Crippen molar-refractivity contribution in [2.45, 2.75) is 60.4 Å². The van der Waals surface area contributed by atoms with Crippen LogP contribution >= 0.6 is 0 Å². The summed E-state index contributed by atoms with van der Waals surface area (Å²) in [6, 6.07) is 36.5. The van der Waals surface area contributed by atoms with Crippen molar-refractivity contribution < 1.29 is 45.1 Å². The Balaban J connectivity index is 0.000000233. The molecule has 4 aromatic carbocycles. The zero-order valence-corrected chi connectivity index (χ0v) is 32.1. The average molecular weight is 899 g/mol. The van der Waals surface area contributed by atoms with Crippen molar-refractivity contribution >= 4 is 22.1 Å². The number of hydrogen-bond acceptors (Lipinski definition) is 4. The SMILES string of the molecule is [2H]C([2H])([2H])c1c[c-]c(-c2cc(-c3ccc(C([2H])([2H])C(C)(C)C)cc3)ccn2)cc1.[2H]C([2H])([2H])c1ccc(C([2H])([2H])C([2H])([2H])c2ccnc(-c3[c-]ccc4c3oc3nc(C([2H])([2H])[2H])ccc34)c2)cc1.[Ir]. The summed E-state index contributed by atoms with van der Waals surface area (Å²) < 4.78 is 125. The molecular weight excluding hydrogens is 839 g/mol. The third-order valence-electron chi connectivity index (χ3n) is 8.14. The van der Waals surface area contributed by atoms with Crippen molar-refractivity contribution in [1.82, 2.24) is 15.0 Å². The Hall–Kier alpha value is -5.22. The summed E-state index contributed by atoms with van der Waals surface area (Å²) in [5.41, 5.74) is 4.74. The maximum absolute atomic E-state index is 8.73. The van der Waals surface area contributed by atoms with E-state index in [2.05, 4.69) is 27.1 Å². The summed E-state index contributed by atoms with van der Waals surface area (Å²) in [4.78, 5) is 12.9. The Labute approximate surface area is 354 Å². The zero-order chi connectivity index (χ0) is 49.8. The molecule has 0 aliphatic carbocycles. The first-order valence-corrected chi connectivity index (χ1v) is 16.9. The normalized spacial score (nSPS) is 16.8. The molecular formula is C49H45IrN3O-2. The number of aryl methyl sites for hydroxylation is 5. The number of fused-ring (bicyclic) bond motifs is 3. The number of benzene rings is 4. The zero-order valence-electron chi connectivity index (χ0n) is 44.7. The molecule has 0 aliphatic rings. The van der Waals surface area contributed by atoms with E-state index < -0.39 is 45.1 Å². The van der Waals surface area contributed by atoms with Gasteiger partial charge in [0.2, 0.25) is 5.71 Å². The monoisotopic (exact) mass is 899 g/mol. The molecule has 0 spiro atoms. The Morgan fingerprint density at radius 1 is 0.667 bits per heavy atom. The molecule has 0 N–H and O–H groups in total. The summed E-state index contributed by atoms with van der Waals surface area (Å²) in [6.07, 6.45) is -3.43. The van der Waals surface area contributed by atoms with E-state index in [1.54, 1.807) is 36.5 Å². The van der Waals surface area contributed by atoms with Gasteiger partial charge in [0.05, 0.1) is 5.58 Å². The second-order valence-corrected chi connectivity index (χ2v) is 13.4. The fraction of sp³-hybridized carbons (Fsp3) is 0.204. The molecule has 8 rings (SSSR count). The Bertz CT molecular complexity index is 3080. The molecule has 0 bridgehead atoms. The minimum atomic E-state index is -2.54. The fourth-order valence-corrected chi connectivity index (χ4v) is 5.68. The minimum Gasteiger partial charge on any atom is -0.486 e. The molecule has 273 valence electrons. The predicted molar refractivity (Wildman–Crippen MR) is 219 cm³/mol. The number of aromatic nitrogens is 3. The molecule has 0 fully saturated rings. The van der Waals surface area contributed by atoms with E-state index in [1.165, 1.54) is 54.7 Å². The van der Waals surface area contributed by atoms with Gasteiger partial charge in [0, 0.05) is 64.1 Å². The molecule has 0 amide bonds. The van der Waals surface area contributed by atoms with Gasteiger partial charge in [0.1, 0.15) is 0 Å². The second-order valence-electron chi connectivity index (χ2n) is 13.4. The predicted octanol–water partition coefficient (Wildman–Crippen LogP) is 12.4. The van der Waals surface area contributed by atoms with Gasteiger partial charge in [-0.3, -0.25) is 0 Å². The van der Waals surface area contributed by atoms with Gasteiger partial charge in [-0.1, -0.05) is 110 Å². The Kier molecular flexibility index (Phi) is 7.34. The van der Waals surface area contributed by atoms with Crippen LogP contribution in [0.4, 0.5) is 0 Å². The second kappa shape index (κ2) is 16.8. The van der Waals surface area contributed by atoms with Crippen molar-refractivity contribution in [3.05, 3.63) is 173 Å². The molecule has 0 saturated carbocycles. The van der Waals surface area contributed by atoms with E-state index in [1.807, 2.05) is 57.2 Å². The number of hydrogen-bond donors (Lipinski definition) is 0. The van der Waals surface area contributed by atoms with Crippen molar-refractivity contribution in [3.63, 3.8) is 0 Å². The third kappa shape index (κ3) is 9.46. The molecule has 0 atom stereocenters. The fourth-order valence-electron chi connectivity index (χ4n) is 5.68. The van der Waals surface area contributed by atoms with E-state index >= 15 is 0 Å². The molecule has 4 nitrogen and oxygen atoms in total. The van der Waals surface area contributed by atoms with E-state index in [9.17, 15) is 0 Å². The maximum Gasteiger partial charge on any atom is 0.216 e. The number of furan rings is 1. The quantitative estimate of drug-likeness (QED) is 0.150. The van der Waals surface area contributed by atoms with Gasteiger partial charge in [-0.25, -0.2) is 4.98 Å². The number of pyridine rings is 3. The van der Waals surface area contributed by atoms with Gasteiger partial charge in [0.15, 0.2) is 0 Å². The van der Waals surface area contributed by atoms with Crippen LogP contribution in [0.5, 0.6) is 0 Å². The number of nitrogens with zero attached hydrogens (tertiary/aromatic N) is 3. The first kappa shape index (κ1) is 23.5. The van der Waals surface area contributed by atoms with E-state index in [0.29, 0.717) is 33.2 Å². The molecule has 54 heavy (non-hydrogen) atoms. The van der Waals surface area contributed by atoms with Crippen LogP contribution in [0.3, 0.4) is 0 Å². The summed E-state index contributed by atoms with van der Waals surface area (Å²) >= 11 is 0. The Morgan fingerprint density at radius 2 is 1.41 bits per heavy atom. The average Bonchev–Trinajstić information content (AvgIpc) is 3.67. The smallest absolute Gasteiger partial charge is 0.216 e. The van der Waals surface area contributed by atoms with Crippen molar-refractivity contribution in [1.29, 1.82) is 0 Å². The summed E-state index contributed by atoms with van der Waals surface area (Å²) in [5, 5.41) is 1.24. The molecule has 8 aromatic rings. The topological polar surface area (TPSA) is 51.8 Å². The van der Waals surface area contributed by atoms with Crippen molar-refractivity contribution in [3.8, 4) is 33.6 Å². The van der Waals surface area contributed by atoms with E-state index in [-0.39, 0.29) is 59.5 Å². The van der Waals surface area contributed by atoms with Gasteiger partial charge in [-0.05, 0) is 96.1 Å². The van der Waals surface area contributed by atoms with Crippen LogP contribution in [0.2, 0.25) is 0 Å². The van der Waals surface area contributed by atoms with Crippen LogP contribution in [0, 0.1) is 38.1 Å². The minimum absolute atomic E-state index is 0. The van der Waals surface area contributed by atoms with Gasteiger partial charge in [-0.15, -0.1) is 53.6 Å². The molecule has 0 saturated heterocycles. The van der Waals surface area contributed by atoms with Crippen LogP contribution in [0.25, 0.3) is 55.7 Å². The van der Waals surface area contributed by atoms with Crippen LogP contribution in [0.15, 0.2) is 132 Å². The van der Waals surface area contributed by atoms with Gasteiger partial charge < -0.3 is 14.4 Å².